The molecule has 0 aliphatic heterocycles. The molecule has 0 fully saturated rings. The second kappa shape index (κ2) is 3.98. The van der Waals surface area contributed by atoms with Crippen molar-refractivity contribution >= 4 is 27.0 Å². The molecule has 0 atom stereocenters. The first kappa shape index (κ1) is 12.9. The second-order valence-corrected chi connectivity index (χ2v) is 7.31. The van der Waals surface area contributed by atoms with Crippen molar-refractivity contribution < 1.29 is 12.8 Å². The summed E-state index contributed by atoms with van der Waals surface area (Å²) in [5.74, 6) is 0. The van der Waals surface area contributed by atoms with Crippen molar-refractivity contribution in [2.24, 2.45) is 0 Å². The number of sulfone groups is 1. The molecule has 0 saturated heterocycles. The van der Waals surface area contributed by atoms with Gasteiger partial charge in [-0.15, -0.1) is 0 Å². The molecule has 1 aromatic carbocycles. The number of oxazole rings is 1. The van der Waals surface area contributed by atoms with Gasteiger partial charge in [-0.3, -0.25) is 0 Å². The lowest BCUT2D eigenvalue weighted by atomic mass is 10.1. The number of rotatable bonds is 2. The fourth-order valence-corrected chi connectivity index (χ4v) is 2.15. The topological polar surface area (TPSA) is 72.2 Å². The first-order chi connectivity index (χ1) is 8.15. The largest absolute Gasteiger partial charge is 0.424 e. The number of hydrogen-bond donors (Lipinski definition) is 1. The van der Waals surface area contributed by atoms with Gasteiger partial charge >= 0.3 is 0 Å². The minimum Gasteiger partial charge on any atom is -0.424 e. The number of aromatic nitrogens is 1. The highest BCUT2D eigenvalue weighted by atomic mass is 32.2. The van der Waals surface area contributed by atoms with Crippen LogP contribution in [0.15, 0.2) is 27.5 Å². The van der Waals surface area contributed by atoms with Gasteiger partial charge in [0.05, 0.1) is 4.90 Å². The Kier molecular flexibility index (Phi) is 2.85. The lowest BCUT2D eigenvalue weighted by molar-refractivity contribution is 0.555. The van der Waals surface area contributed by atoms with Crippen LogP contribution in [-0.2, 0) is 9.84 Å². The van der Waals surface area contributed by atoms with Crippen LogP contribution in [0.1, 0.15) is 20.8 Å². The van der Waals surface area contributed by atoms with Crippen molar-refractivity contribution in [3.05, 3.63) is 18.2 Å². The fourth-order valence-electron chi connectivity index (χ4n) is 1.51. The van der Waals surface area contributed by atoms with Gasteiger partial charge in [-0.05, 0) is 39.0 Å². The molecule has 0 spiro atoms. The minimum absolute atomic E-state index is 0.166. The highest BCUT2D eigenvalue weighted by Gasteiger charge is 2.15. The van der Waals surface area contributed by atoms with Gasteiger partial charge < -0.3 is 9.73 Å². The van der Waals surface area contributed by atoms with E-state index in [0.717, 1.165) is 0 Å². The number of nitrogens with one attached hydrogen (secondary N) is 1. The van der Waals surface area contributed by atoms with Gasteiger partial charge in [-0.1, -0.05) is 0 Å². The van der Waals surface area contributed by atoms with Crippen LogP contribution in [0.25, 0.3) is 11.1 Å². The van der Waals surface area contributed by atoms with E-state index in [1.165, 1.54) is 18.4 Å². The average Bonchev–Trinajstić information content (AvgIpc) is 2.53. The molecule has 0 aliphatic carbocycles. The summed E-state index contributed by atoms with van der Waals surface area (Å²) in [7, 11) is -3.22. The molecule has 0 aliphatic rings. The molecular weight excluding hydrogens is 252 g/mol. The van der Waals surface area contributed by atoms with E-state index in [0.29, 0.717) is 17.1 Å². The Morgan fingerprint density at radius 3 is 2.50 bits per heavy atom. The summed E-state index contributed by atoms with van der Waals surface area (Å²) >= 11 is 0. The van der Waals surface area contributed by atoms with Crippen molar-refractivity contribution in [3.63, 3.8) is 0 Å². The molecule has 0 bridgehead atoms. The molecule has 98 valence electrons. The number of fused-ring (bicyclic) bond motifs is 1. The molecule has 1 N–H and O–H groups in total. The van der Waals surface area contributed by atoms with Crippen LogP contribution in [-0.4, -0.2) is 25.2 Å². The van der Waals surface area contributed by atoms with E-state index in [-0.39, 0.29) is 10.4 Å². The number of anilines is 1. The Morgan fingerprint density at radius 2 is 1.94 bits per heavy atom. The van der Waals surface area contributed by atoms with Gasteiger partial charge in [-0.25, -0.2) is 8.42 Å². The molecule has 0 unspecified atom stereocenters. The molecule has 0 radical (unpaired) electrons. The number of hydrogen-bond acceptors (Lipinski definition) is 5. The van der Waals surface area contributed by atoms with E-state index < -0.39 is 9.84 Å². The highest BCUT2D eigenvalue weighted by molar-refractivity contribution is 7.90. The van der Waals surface area contributed by atoms with Gasteiger partial charge in [0.1, 0.15) is 5.52 Å². The van der Waals surface area contributed by atoms with Crippen LogP contribution in [0.5, 0.6) is 0 Å². The van der Waals surface area contributed by atoms with Gasteiger partial charge in [0, 0.05) is 11.8 Å². The third kappa shape index (κ3) is 2.81. The molecular formula is C12H16N2O3S. The highest BCUT2D eigenvalue weighted by Crippen LogP contribution is 2.23. The van der Waals surface area contributed by atoms with E-state index in [2.05, 4.69) is 10.3 Å². The molecule has 1 aromatic heterocycles. The van der Waals surface area contributed by atoms with E-state index >= 15 is 0 Å². The maximum absolute atomic E-state index is 11.4. The van der Waals surface area contributed by atoms with Crippen molar-refractivity contribution in [1.29, 1.82) is 0 Å². The summed E-state index contributed by atoms with van der Waals surface area (Å²) < 4.78 is 28.4. The number of nitrogens with zero attached hydrogens (tertiary/aromatic N) is 1. The third-order valence-corrected chi connectivity index (χ3v) is 3.38. The smallest absolute Gasteiger partial charge is 0.296 e. The molecule has 18 heavy (non-hydrogen) atoms. The summed E-state index contributed by atoms with van der Waals surface area (Å²) in [5.41, 5.74) is 0.930. The van der Waals surface area contributed by atoms with E-state index in [9.17, 15) is 8.42 Å². The van der Waals surface area contributed by atoms with Gasteiger partial charge in [-0.2, -0.15) is 4.98 Å². The van der Waals surface area contributed by atoms with Crippen molar-refractivity contribution in [2.45, 2.75) is 31.2 Å². The quantitative estimate of drug-likeness (QED) is 0.905. The summed E-state index contributed by atoms with van der Waals surface area (Å²) in [5, 5.41) is 3.10. The minimum atomic E-state index is -3.22. The molecule has 1 heterocycles. The molecule has 5 nitrogen and oxygen atoms in total. The zero-order valence-electron chi connectivity index (χ0n) is 10.8. The zero-order valence-corrected chi connectivity index (χ0v) is 11.6. The Balaban J connectivity index is 2.46. The SMILES string of the molecule is CC(C)(C)Nc1nc2cc(S(C)(=O)=O)ccc2o1. The Labute approximate surface area is 106 Å². The normalized spacial score (nSPS) is 12.9. The Bertz CT molecular complexity index is 681. The molecule has 0 amide bonds. The van der Waals surface area contributed by atoms with Gasteiger partial charge in [0.2, 0.25) is 0 Å². The van der Waals surface area contributed by atoms with Crippen LogP contribution < -0.4 is 5.32 Å². The van der Waals surface area contributed by atoms with Crippen LogP contribution in [0.3, 0.4) is 0 Å². The third-order valence-electron chi connectivity index (χ3n) is 2.27. The Morgan fingerprint density at radius 1 is 1.28 bits per heavy atom. The average molecular weight is 268 g/mol. The maximum Gasteiger partial charge on any atom is 0.296 e. The fraction of sp³-hybridized carbons (Fsp3) is 0.417. The standard InChI is InChI=1S/C12H16N2O3S/c1-12(2,3)14-11-13-9-7-8(18(4,15)16)5-6-10(9)17-11/h5-7H,1-4H3,(H,13,14). The van der Waals surface area contributed by atoms with Crippen LogP contribution in [0.2, 0.25) is 0 Å². The second-order valence-electron chi connectivity index (χ2n) is 5.30. The first-order valence-corrected chi connectivity index (χ1v) is 7.43. The van der Waals surface area contributed by atoms with Crippen LogP contribution in [0, 0.1) is 0 Å². The maximum atomic E-state index is 11.4. The van der Waals surface area contributed by atoms with Crippen LogP contribution in [0.4, 0.5) is 6.01 Å². The predicted molar refractivity (Wildman–Crippen MR) is 70.5 cm³/mol. The van der Waals surface area contributed by atoms with E-state index in [1.807, 2.05) is 20.8 Å². The van der Waals surface area contributed by atoms with E-state index in [1.54, 1.807) is 6.07 Å². The van der Waals surface area contributed by atoms with Crippen LogP contribution >= 0.6 is 0 Å². The molecule has 6 heteroatoms. The van der Waals surface area contributed by atoms with Crippen molar-refractivity contribution in [1.82, 2.24) is 4.98 Å². The van der Waals surface area contributed by atoms with E-state index in [4.69, 9.17) is 4.42 Å². The summed E-state index contributed by atoms with van der Waals surface area (Å²) in [6.45, 7) is 5.97. The van der Waals surface area contributed by atoms with Gasteiger partial charge in [0.15, 0.2) is 15.4 Å². The molecule has 2 aromatic rings. The summed E-state index contributed by atoms with van der Waals surface area (Å²) in [4.78, 5) is 4.47. The van der Waals surface area contributed by atoms with Crippen molar-refractivity contribution in [2.75, 3.05) is 11.6 Å². The summed E-state index contributed by atoms with van der Waals surface area (Å²) in [6.07, 6.45) is 1.17. The lowest BCUT2D eigenvalue weighted by Gasteiger charge is -2.18. The Hall–Kier alpha value is -1.56. The lowest BCUT2D eigenvalue weighted by Crippen LogP contribution is -2.26. The number of benzene rings is 1. The molecule has 2 rings (SSSR count). The van der Waals surface area contributed by atoms with Gasteiger partial charge in [0.25, 0.3) is 6.01 Å². The zero-order chi connectivity index (χ0) is 13.6. The first-order valence-electron chi connectivity index (χ1n) is 5.54. The van der Waals surface area contributed by atoms with Crippen molar-refractivity contribution in [3.8, 4) is 0 Å². The molecule has 0 saturated carbocycles. The summed E-state index contributed by atoms with van der Waals surface area (Å²) in [6, 6.07) is 5.04. The predicted octanol–water partition coefficient (Wildman–Crippen LogP) is 2.44. The monoisotopic (exact) mass is 268 g/mol.